The van der Waals surface area contributed by atoms with Crippen molar-refractivity contribution < 1.29 is 14.3 Å². The van der Waals surface area contributed by atoms with Crippen LogP contribution in [-0.2, 0) is 4.52 Å². The van der Waals surface area contributed by atoms with Gasteiger partial charge in [0.25, 0.3) is 0 Å². The van der Waals surface area contributed by atoms with Crippen molar-refractivity contribution >= 4 is 20.4 Å². The Kier molecular flexibility index (Phi) is 11.6. The molecule has 0 aromatic carbocycles. The van der Waals surface area contributed by atoms with Crippen LogP contribution in [0.5, 0.6) is 0 Å². The summed E-state index contributed by atoms with van der Waals surface area (Å²) in [5, 5.41) is 0.647. The van der Waals surface area contributed by atoms with Crippen LogP contribution >= 0.6 is 20.4 Å². The first-order valence-electron chi connectivity index (χ1n) is 5.59. The second-order valence-electron chi connectivity index (χ2n) is 3.62. The fourth-order valence-corrected chi connectivity index (χ4v) is 2.60. The molecule has 0 aliphatic carbocycles. The molecule has 0 heterocycles. The lowest BCUT2D eigenvalue weighted by Crippen LogP contribution is -2.01. The molecule has 15 heavy (non-hydrogen) atoms. The summed E-state index contributed by atoms with van der Waals surface area (Å²) in [5.41, 5.74) is 0. The highest BCUT2D eigenvalue weighted by atomic mass is 32.2. The normalized spacial score (nSPS) is 13.4. The summed E-state index contributed by atoms with van der Waals surface area (Å²) in [5.74, 6) is 0.842. The smallest absolute Gasteiger partial charge is 0.327 e. The minimum atomic E-state index is -2.16. The van der Waals surface area contributed by atoms with Gasteiger partial charge < -0.3 is 14.3 Å². The molecule has 0 aliphatic heterocycles. The third-order valence-electron chi connectivity index (χ3n) is 2.16. The van der Waals surface area contributed by atoms with Gasteiger partial charge in [-0.1, -0.05) is 39.5 Å². The monoisotopic (exact) mass is 254 g/mol. The van der Waals surface area contributed by atoms with Gasteiger partial charge in [0.05, 0.1) is 6.61 Å². The molecule has 1 unspecified atom stereocenters. The number of hydrogen-bond donors (Lipinski definition) is 2. The Morgan fingerprint density at radius 1 is 1.27 bits per heavy atom. The summed E-state index contributed by atoms with van der Waals surface area (Å²) in [7, 11) is -2.16. The van der Waals surface area contributed by atoms with Gasteiger partial charge in [-0.05, 0) is 6.42 Å². The van der Waals surface area contributed by atoms with Gasteiger partial charge in [0.1, 0.15) is 0 Å². The number of rotatable bonds is 10. The summed E-state index contributed by atoms with van der Waals surface area (Å²) in [4.78, 5) is 17.0. The second kappa shape index (κ2) is 11.2. The Labute approximate surface area is 98.6 Å². The van der Waals surface area contributed by atoms with E-state index in [2.05, 4.69) is 13.8 Å². The van der Waals surface area contributed by atoms with Gasteiger partial charge >= 0.3 is 8.60 Å². The van der Waals surface area contributed by atoms with Gasteiger partial charge in [-0.15, -0.1) is 0 Å². The average molecular weight is 254 g/mol. The molecule has 0 aromatic rings. The van der Waals surface area contributed by atoms with E-state index in [1.807, 2.05) is 11.8 Å². The highest BCUT2D eigenvalue weighted by Gasteiger charge is 2.03. The SMILES string of the molecule is CCCCCCC(C)SCCOP(O)O. The molecule has 0 aromatic heterocycles. The first-order valence-corrected chi connectivity index (χ1v) is 7.80. The number of hydrogen-bond acceptors (Lipinski definition) is 4. The molecule has 0 saturated carbocycles. The van der Waals surface area contributed by atoms with Crippen LogP contribution in [0.4, 0.5) is 0 Å². The Morgan fingerprint density at radius 3 is 2.60 bits per heavy atom. The van der Waals surface area contributed by atoms with Gasteiger partial charge in [0.15, 0.2) is 0 Å². The van der Waals surface area contributed by atoms with Crippen molar-refractivity contribution in [3.05, 3.63) is 0 Å². The Morgan fingerprint density at radius 2 is 2.00 bits per heavy atom. The van der Waals surface area contributed by atoms with Crippen molar-refractivity contribution in [3.63, 3.8) is 0 Å². The van der Waals surface area contributed by atoms with E-state index in [-0.39, 0.29) is 0 Å². The third-order valence-corrected chi connectivity index (χ3v) is 3.78. The van der Waals surface area contributed by atoms with E-state index in [1.165, 1.54) is 32.1 Å². The van der Waals surface area contributed by atoms with Crippen LogP contribution in [0.15, 0.2) is 0 Å². The van der Waals surface area contributed by atoms with Gasteiger partial charge in [0, 0.05) is 11.0 Å². The van der Waals surface area contributed by atoms with Gasteiger partial charge in [0.2, 0.25) is 0 Å². The highest BCUT2D eigenvalue weighted by molar-refractivity contribution is 7.99. The number of unbranched alkanes of at least 4 members (excludes halogenated alkanes) is 3. The standard InChI is InChI=1S/C10H23O3PS/c1-3-4-5-6-7-10(2)15-9-8-13-14(11)12/h10-12H,3-9H2,1-2H3. The van der Waals surface area contributed by atoms with Crippen LogP contribution in [0.2, 0.25) is 0 Å². The van der Waals surface area contributed by atoms with Crippen LogP contribution in [0.3, 0.4) is 0 Å². The van der Waals surface area contributed by atoms with E-state index < -0.39 is 8.60 Å². The first-order chi connectivity index (χ1) is 7.16. The Hall–Kier alpha value is 0.660. The Bertz CT molecular complexity index is 136. The predicted octanol–water partition coefficient (Wildman–Crippen LogP) is 3.31. The van der Waals surface area contributed by atoms with Gasteiger partial charge in [-0.25, -0.2) is 0 Å². The molecule has 0 saturated heterocycles. The quantitative estimate of drug-likeness (QED) is 0.464. The maximum Gasteiger partial charge on any atom is 0.327 e. The molecule has 0 fully saturated rings. The maximum absolute atomic E-state index is 8.51. The molecule has 0 rings (SSSR count). The van der Waals surface area contributed by atoms with Crippen LogP contribution in [0, 0.1) is 0 Å². The van der Waals surface area contributed by atoms with E-state index in [4.69, 9.17) is 14.3 Å². The minimum Gasteiger partial charge on any atom is -0.328 e. The lowest BCUT2D eigenvalue weighted by Gasteiger charge is -2.10. The van der Waals surface area contributed by atoms with E-state index in [0.29, 0.717) is 11.9 Å². The van der Waals surface area contributed by atoms with E-state index >= 15 is 0 Å². The highest BCUT2D eigenvalue weighted by Crippen LogP contribution is 2.25. The molecule has 2 N–H and O–H groups in total. The average Bonchev–Trinajstić information content (AvgIpc) is 2.19. The van der Waals surface area contributed by atoms with Crippen LogP contribution in [0.25, 0.3) is 0 Å². The van der Waals surface area contributed by atoms with Crippen LogP contribution < -0.4 is 0 Å². The van der Waals surface area contributed by atoms with Crippen LogP contribution in [0.1, 0.15) is 46.0 Å². The fourth-order valence-electron chi connectivity index (χ4n) is 1.31. The van der Waals surface area contributed by atoms with Crippen molar-refractivity contribution in [1.29, 1.82) is 0 Å². The molecule has 1 atom stereocenters. The lowest BCUT2D eigenvalue weighted by atomic mass is 10.1. The molecule has 0 bridgehead atoms. The molecule has 0 aliphatic rings. The molecule has 5 heteroatoms. The Balaban J connectivity index is 3.15. The maximum atomic E-state index is 8.51. The zero-order valence-corrected chi connectivity index (χ0v) is 11.4. The molecular weight excluding hydrogens is 231 g/mol. The second-order valence-corrected chi connectivity index (χ2v) is 5.93. The first kappa shape index (κ1) is 15.7. The summed E-state index contributed by atoms with van der Waals surface area (Å²) in [6.45, 7) is 4.87. The topological polar surface area (TPSA) is 49.7 Å². The van der Waals surface area contributed by atoms with E-state index in [9.17, 15) is 0 Å². The van der Waals surface area contributed by atoms with Gasteiger partial charge in [-0.3, -0.25) is 0 Å². The van der Waals surface area contributed by atoms with Crippen LogP contribution in [-0.4, -0.2) is 27.4 Å². The van der Waals surface area contributed by atoms with Crippen molar-refractivity contribution in [3.8, 4) is 0 Å². The van der Waals surface area contributed by atoms with Crippen molar-refractivity contribution in [1.82, 2.24) is 0 Å². The summed E-state index contributed by atoms with van der Waals surface area (Å²) in [6, 6.07) is 0. The predicted molar refractivity (Wildman–Crippen MR) is 68.0 cm³/mol. The summed E-state index contributed by atoms with van der Waals surface area (Å²) < 4.78 is 4.69. The number of thioether (sulfide) groups is 1. The van der Waals surface area contributed by atoms with Crippen molar-refractivity contribution in [2.75, 3.05) is 12.4 Å². The zero-order valence-electron chi connectivity index (χ0n) is 9.69. The summed E-state index contributed by atoms with van der Waals surface area (Å²) in [6.07, 6.45) is 6.50. The summed E-state index contributed by atoms with van der Waals surface area (Å²) >= 11 is 1.84. The molecular formula is C10H23O3PS. The molecule has 92 valence electrons. The third kappa shape index (κ3) is 12.6. The zero-order chi connectivity index (χ0) is 11.5. The van der Waals surface area contributed by atoms with E-state index in [1.54, 1.807) is 0 Å². The van der Waals surface area contributed by atoms with Crippen molar-refractivity contribution in [2.45, 2.75) is 51.2 Å². The fraction of sp³-hybridized carbons (Fsp3) is 1.00. The molecule has 0 amide bonds. The largest absolute Gasteiger partial charge is 0.328 e. The van der Waals surface area contributed by atoms with Crippen molar-refractivity contribution in [2.24, 2.45) is 0 Å². The van der Waals surface area contributed by atoms with E-state index in [0.717, 1.165) is 5.75 Å². The minimum absolute atomic E-state index is 0.433. The molecule has 0 spiro atoms. The van der Waals surface area contributed by atoms with Gasteiger partial charge in [-0.2, -0.15) is 11.8 Å². The molecule has 0 radical (unpaired) electrons. The molecule has 3 nitrogen and oxygen atoms in total. The lowest BCUT2D eigenvalue weighted by molar-refractivity contribution is 0.271.